The van der Waals surface area contributed by atoms with E-state index in [2.05, 4.69) is 21.1 Å². The van der Waals surface area contributed by atoms with Crippen LogP contribution < -0.4 is 0 Å². The van der Waals surface area contributed by atoms with Crippen molar-refractivity contribution in [3.8, 4) is 0 Å². The molecule has 1 radical (unpaired) electrons. The first kappa shape index (κ1) is 26.5. The number of thioether (sulfide) groups is 1. The van der Waals surface area contributed by atoms with E-state index < -0.39 is 16.6 Å². The van der Waals surface area contributed by atoms with Gasteiger partial charge in [0.15, 0.2) is 0 Å². The number of allylic oxidation sites excluding steroid dienone is 1. The van der Waals surface area contributed by atoms with E-state index in [1.165, 1.54) is 40.7 Å². The van der Waals surface area contributed by atoms with Gasteiger partial charge >= 0.3 is 18.9 Å². The van der Waals surface area contributed by atoms with Crippen molar-refractivity contribution < 1.29 is 17.8 Å². The van der Waals surface area contributed by atoms with Crippen LogP contribution in [0.15, 0.2) is 34.6 Å². The summed E-state index contributed by atoms with van der Waals surface area (Å²) in [6.45, 7) is 9.92. The molecule has 0 aliphatic carbocycles. The topological polar surface area (TPSA) is 128 Å². The van der Waals surface area contributed by atoms with Crippen LogP contribution in [0.2, 0.25) is 0 Å². The molecule has 0 bridgehead atoms. The number of benzene rings is 1. The fraction of sp³-hybridized carbons (Fsp3) is 0.474. The number of aromatic carboxylic acids is 1. The third-order valence-corrected chi connectivity index (χ3v) is 7.96. The van der Waals surface area contributed by atoms with E-state index in [1.807, 2.05) is 18.7 Å². The van der Waals surface area contributed by atoms with Gasteiger partial charge in [0.2, 0.25) is 0 Å². The average molecular weight is 473 g/mol. The molecule has 0 spiro atoms. The normalized spacial score (nSPS) is 16.1. The Bertz CT molecular complexity index is 775. The number of nitrogens with zero attached hydrogens (tertiary/aromatic N) is 1. The van der Waals surface area contributed by atoms with Crippen LogP contribution in [0.1, 0.15) is 59.8 Å². The van der Waals surface area contributed by atoms with E-state index >= 15 is 0 Å². The maximum atomic E-state index is 11.0. The van der Waals surface area contributed by atoms with Crippen molar-refractivity contribution in [3.05, 3.63) is 45.4 Å². The fourth-order valence-electron chi connectivity index (χ4n) is 2.27. The maximum absolute atomic E-state index is 11.0. The summed E-state index contributed by atoms with van der Waals surface area (Å²) >= 11 is 1.93. The zero-order valence-corrected chi connectivity index (χ0v) is 19.8. The van der Waals surface area contributed by atoms with Crippen LogP contribution in [-0.4, -0.2) is 39.8 Å². The third kappa shape index (κ3) is 11.6. The molecule has 11 heteroatoms. The summed E-state index contributed by atoms with van der Waals surface area (Å²) in [6.07, 6.45) is 4.18. The Morgan fingerprint density at radius 3 is 2.63 bits per heavy atom. The van der Waals surface area contributed by atoms with Gasteiger partial charge in [0.05, 0.1) is 4.92 Å². The Balaban J connectivity index is 0. The van der Waals surface area contributed by atoms with Gasteiger partial charge in [0.25, 0.3) is 5.69 Å². The molecule has 3 N–H and O–H groups in total. The van der Waals surface area contributed by atoms with Crippen LogP contribution in [0, 0.1) is 20.8 Å². The van der Waals surface area contributed by atoms with Crippen molar-refractivity contribution in [2.75, 3.05) is 0 Å². The Hall–Kier alpha value is -1.59. The molecule has 1 aliphatic heterocycles. The van der Waals surface area contributed by atoms with E-state index in [1.54, 1.807) is 23.8 Å². The zero-order valence-electron chi connectivity index (χ0n) is 19.3. The summed E-state index contributed by atoms with van der Waals surface area (Å²) in [5, 5.41) is 33.6. The van der Waals surface area contributed by atoms with Crippen LogP contribution in [0.5, 0.6) is 0 Å². The summed E-state index contributed by atoms with van der Waals surface area (Å²) < 4.78 is 10.0. The first-order valence-electron chi connectivity index (χ1n) is 10.1. The van der Waals surface area contributed by atoms with Gasteiger partial charge in [-0.2, -0.15) is 0 Å². The molecule has 2 rings (SSSR count). The first-order valence-corrected chi connectivity index (χ1v) is 12.2. The summed E-state index contributed by atoms with van der Waals surface area (Å²) in [4.78, 5) is 23.2. The number of carboxylic acid groups (broad SMARTS) is 1. The second-order valence-electron chi connectivity index (χ2n) is 6.56. The summed E-state index contributed by atoms with van der Waals surface area (Å²) in [6, 6.07) is 4.10. The van der Waals surface area contributed by atoms with Crippen LogP contribution in [0.4, 0.5) is 5.69 Å². The molecular weight excluding hydrogens is 441 g/mol. The van der Waals surface area contributed by atoms with Crippen molar-refractivity contribution >= 4 is 58.4 Å². The molecular formula is C19H29BN3O4S3. The van der Waals surface area contributed by atoms with Gasteiger partial charge in [0, 0.05) is 30.1 Å². The molecule has 1 aromatic carbocycles. The van der Waals surface area contributed by atoms with Gasteiger partial charge in [-0.25, -0.2) is 4.79 Å². The molecule has 0 aromatic heterocycles. The van der Waals surface area contributed by atoms with Crippen LogP contribution in [0.25, 0.3) is 0 Å². The predicted octanol–water partition coefficient (Wildman–Crippen LogP) is 6.82. The summed E-state index contributed by atoms with van der Waals surface area (Å²) in [5.41, 5.74) is -0.0612. The van der Waals surface area contributed by atoms with E-state index in [9.17, 15) is 14.9 Å². The molecule has 1 saturated heterocycles. The van der Waals surface area contributed by atoms with Gasteiger partial charge in [-0.1, -0.05) is 42.0 Å². The Morgan fingerprint density at radius 1 is 1.60 bits per heavy atom. The third-order valence-electron chi connectivity index (χ3n) is 3.83. The molecule has 0 saturated carbocycles. The zero-order chi connectivity index (χ0) is 25.3. The molecule has 165 valence electrons. The van der Waals surface area contributed by atoms with E-state index in [-0.39, 0.29) is 5.56 Å². The number of nitro benzene ring substituents is 1. The molecule has 7 nitrogen and oxygen atoms in total. The molecule has 1 fully saturated rings. The Morgan fingerprint density at radius 2 is 2.23 bits per heavy atom. The van der Waals surface area contributed by atoms with E-state index in [4.69, 9.17) is 18.8 Å². The van der Waals surface area contributed by atoms with Crippen molar-refractivity contribution in [2.24, 2.45) is 0 Å². The average Bonchev–Trinajstić information content (AvgIpc) is 3.16. The van der Waals surface area contributed by atoms with Gasteiger partial charge in [-0.15, -0.1) is 11.8 Å². The minimum absolute atomic E-state index is 0.298. The molecule has 2 atom stereocenters. The predicted molar refractivity (Wildman–Crippen MR) is 132 cm³/mol. The molecule has 1 aliphatic rings. The van der Waals surface area contributed by atoms with Gasteiger partial charge in [-0.05, 0) is 49.6 Å². The van der Waals surface area contributed by atoms with Crippen LogP contribution >= 0.6 is 33.3 Å². The number of rotatable bonds is 8. The van der Waals surface area contributed by atoms with Crippen molar-refractivity contribution in [3.63, 3.8) is 0 Å². The second-order valence-corrected chi connectivity index (χ2v) is 10.9. The monoisotopic (exact) mass is 473 g/mol. The molecule has 0 amide bonds. The first-order chi connectivity index (χ1) is 15.1. The van der Waals surface area contributed by atoms with Crippen LogP contribution in [-0.2, 0) is 0 Å². The molecule has 1 aromatic rings. The standard InChI is InChI=1S/C13H16N2O4S2.C6H10S.BHN.H2/c1-8(14)3-4-9(2)20-21-10-5-6-12(15(18)19)11(7-10)13(16)17;1-5-3-4-6(2)7-5;1-2;/h5-7,9,14H,3-4H2,1-2H3,(H,16,17);6H,1,3-4H2,2H3;2H;1H/i;;;1+2D. The van der Waals surface area contributed by atoms with E-state index in [0.29, 0.717) is 15.9 Å². The number of carboxylic acids is 1. The number of nitrogens with one attached hydrogen (secondary N) is 2. The van der Waals surface area contributed by atoms with Crippen molar-refractivity contribution in [1.29, 1.82) is 10.7 Å². The number of carbonyl (C=O) groups is 1. The number of hydrogen-bond acceptors (Lipinski definition) is 8. The van der Waals surface area contributed by atoms with Gasteiger partial charge < -0.3 is 10.5 Å². The molecule has 2 unspecified atom stereocenters. The Labute approximate surface area is 193 Å². The van der Waals surface area contributed by atoms with Crippen molar-refractivity contribution in [2.45, 2.75) is 61.8 Å². The summed E-state index contributed by atoms with van der Waals surface area (Å²) in [7, 11) is 6.71. The van der Waals surface area contributed by atoms with Crippen LogP contribution in [0.3, 0.4) is 0 Å². The van der Waals surface area contributed by atoms with E-state index in [0.717, 1.165) is 18.1 Å². The summed E-state index contributed by atoms with van der Waals surface area (Å²) in [5.74, 6) is -1.30. The van der Waals surface area contributed by atoms with Gasteiger partial charge in [-0.3, -0.25) is 10.1 Å². The molecule has 1 heterocycles. The SMILES string of the molecule is C=C1CCC(C)S1.CC(=N)CCC(C)SSc1ccc([N+](=O)[O-])c(C(=O)O)c1.[2H][3H].[B]=N. The van der Waals surface area contributed by atoms with Crippen molar-refractivity contribution in [1.82, 2.24) is 0 Å². The number of nitro groups is 1. The molecule has 30 heavy (non-hydrogen) atoms. The van der Waals surface area contributed by atoms with Gasteiger partial charge in [0.1, 0.15) is 5.56 Å². The Kier molecular flexibility index (Phi) is 13.4. The number of hydrogen-bond donors (Lipinski definition) is 3. The second kappa shape index (κ2) is 15.3. The fourth-order valence-corrected chi connectivity index (χ4v) is 5.51. The minimum atomic E-state index is -1.30. The quantitative estimate of drug-likeness (QED) is 0.124.